The maximum Gasteiger partial charge on any atom is 0.309 e. The molecule has 112 valence electrons. The molecule has 3 aromatic rings. The number of nitrogens with one attached hydrogen (secondary N) is 1. The van der Waals surface area contributed by atoms with Crippen LogP contribution in [0, 0.1) is 5.82 Å². The third-order valence-corrected chi connectivity index (χ3v) is 4.08. The Morgan fingerprint density at radius 2 is 2.05 bits per heavy atom. The number of hydrogen-bond donors (Lipinski definition) is 1. The highest BCUT2D eigenvalue weighted by molar-refractivity contribution is 7.10. The molecule has 0 fully saturated rings. The summed E-state index contributed by atoms with van der Waals surface area (Å²) >= 11 is 1.55. The lowest BCUT2D eigenvalue weighted by Crippen LogP contribution is -2.26. The van der Waals surface area contributed by atoms with Crippen LogP contribution in [-0.2, 0) is 0 Å². The number of hydrogen-bond acceptors (Lipinski definition) is 5. The maximum atomic E-state index is 12.9. The smallest absolute Gasteiger partial charge is 0.309 e. The first-order valence-electron chi connectivity index (χ1n) is 6.57. The Morgan fingerprint density at radius 3 is 2.73 bits per heavy atom. The second-order valence-corrected chi connectivity index (χ2v) is 5.61. The number of amides is 1. The molecule has 0 unspecified atom stereocenters. The van der Waals surface area contributed by atoms with Gasteiger partial charge in [0.05, 0.1) is 6.04 Å². The molecule has 2 heterocycles. The summed E-state index contributed by atoms with van der Waals surface area (Å²) in [6.07, 6.45) is 0. The number of nitrogens with zero attached hydrogens (tertiary/aromatic N) is 2. The van der Waals surface area contributed by atoms with E-state index in [0.29, 0.717) is 5.56 Å². The van der Waals surface area contributed by atoms with E-state index in [1.807, 2.05) is 24.4 Å². The van der Waals surface area contributed by atoms with Crippen LogP contribution in [0.3, 0.4) is 0 Å². The molecular weight excluding hydrogens is 305 g/mol. The minimum absolute atomic E-state index is 0.122. The number of halogens is 1. The van der Waals surface area contributed by atoms with E-state index in [0.717, 1.165) is 4.88 Å². The third-order valence-electron chi connectivity index (χ3n) is 3.03. The van der Waals surface area contributed by atoms with Gasteiger partial charge in [0.2, 0.25) is 5.89 Å². The largest absolute Gasteiger partial charge is 0.412 e. The van der Waals surface area contributed by atoms with Crippen LogP contribution in [0.25, 0.3) is 11.5 Å². The number of rotatable bonds is 4. The van der Waals surface area contributed by atoms with Crippen LogP contribution in [0.2, 0.25) is 0 Å². The van der Waals surface area contributed by atoms with Crippen LogP contribution in [-0.4, -0.2) is 16.1 Å². The average Bonchev–Trinajstić information content (AvgIpc) is 3.20. The van der Waals surface area contributed by atoms with Gasteiger partial charge in [0, 0.05) is 10.4 Å². The van der Waals surface area contributed by atoms with Crippen LogP contribution in [0.1, 0.15) is 28.5 Å². The lowest BCUT2D eigenvalue weighted by atomic mass is 10.2. The molecule has 0 radical (unpaired) electrons. The van der Waals surface area contributed by atoms with E-state index >= 15 is 0 Å². The third kappa shape index (κ3) is 3.04. The van der Waals surface area contributed by atoms with E-state index in [9.17, 15) is 9.18 Å². The van der Waals surface area contributed by atoms with Gasteiger partial charge in [0.15, 0.2) is 0 Å². The zero-order chi connectivity index (χ0) is 15.5. The number of aromatic nitrogens is 2. The van der Waals surface area contributed by atoms with Crippen molar-refractivity contribution < 1.29 is 13.6 Å². The molecular formula is C15H12FN3O2S. The Hall–Kier alpha value is -2.54. The molecule has 0 aliphatic carbocycles. The Balaban J connectivity index is 1.73. The van der Waals surface area contributed by atoms with Gasteiger partial charge < -0.3 is 9.73 Å². The molecule has 0 saturated carbocycles. The molecule has 1 amide bonds. The number of thiophene rings is 1. The second kappa shape index (κ2) is 6.07. The number of carbonyl (C=O) groups is 1. The average molecular weight is 317 g/mol. The highest BCUT2D eigenvalue weighted by atomic mass is 32.1. The van der Waals surface area contributed by atoms with Crippen molar-refractivity contribution >= 4 is 17.2 Å². The minimum atomic E-state index is -0.443. The van der Waals surface area contributed by atoms with Gasteiger partial charge in [-0.2, -0.15) is 0 Å². The van der Waals surface area contributed by atoms with Gasteiger partial charge in [0.1, 0.15) is 5.82 Å². The predicted molar refractivity (Wildman–Crippen MR) is 79.9 cm³/mol. The summed E-state index contributed by atoms with van der Waals surface area (Å²) in [4.78, 5) is 13.1. The fourth-order valence-electron chi connectivity index (χ4n) is 1.89. The summed E-state index contributed by atoms with van der Waals surface area (Å²) in [5, 5.41) is 12.3. The number of carbonyl (C=O) groups excluding carboxylic acids is 1. The first-order valence-corrected chi connectivity index (χ1v) is 7.45. The molecule has 22 heavy (non-hydrogen) atoms. The van der Waals surface area contributed by atoms with Crippen molar-refractivity contribution in [2.75, 3.05) is 0 Å². The summed E-state index contributed by atoms with van der Waals surface area (Å²) < 4.78 is 18.2. The van der Waals surface area contributed by atoms with Gasteiger partial charge in [0.25, 0.3) is 0 Å². The maximum absolute atomic E-state index is 12.9. The predicted octanol–water partition coefficient (Wildman–Crippen LogP) is 3.43. The van der Waals surface area contributed by atoms with E-state index in [4.69, 9.17) is 4.42 Å². The van der Waals surface area contributed by atoms with E-state index in [1.54, 1.807) is 11.3 Å². The molecule has 0 bridgehead atoms. The van der Waals surface area contributed by atoms with E-state index < -0.39 is 5.91 Å². The van der Waals surface area contributed by atoms with Gasteiger partial charge in [-0.1, -0.05) is 6.07 Å². The van der Waals surface area contributed by atoms with Crippen molar-refractivity contribution in [3.8, 4) is 11.5 Å². The zero-order valence-electron chi connectivity index (χ0n) is 11.6. The van der Waals surface area contributed by atoms with Crippen molar-refractivity contribution in [3.05, 3.63) is 58.4 Å². The van der Waals surface area contributed by atoms with E-state index in [2.05, 4.69) is 15.5 Å². The summed E-state index contributed by atoms with van der Waals surface area (Å²) in [5.74, 6) is -0.746. The molecule has 0 spiro atoms. The Kier molecular flexibility index (Phi) is 3.97. The fourth-order valence-corrected chi connectivity index (χ4v) is 2.63. The second-order valence-electron chi connectivity index (χ2n) is 4.63. The SMILES string of the molecule is C[C@H](NC(=O)c1nnc(-c2ccc(F)cc2)o1)c1cccs1. The summed E-state index contributed by atoms with van der Waals surface area (Å²) in [6, 6.07) is 9.32. The first kappa shape index (κ1) is 14.4. The Labute approximate surface area is 129 Å². The van der Waals surface area contributed by atoms with Gasteiger partial charge in [-0.3, -0.25) is 4.79 Å². The quantitative estimate of drug-likeness (QED) is 0.800. The Morgan fingerprint density at radius 1 is 1.27 bits per heavy atom. The zero-order valence-corrected chi connectivity index (χ0v) is 12.4. The van der Waals surface area contributed by atoms with Gasteiger partial charge in [-0.25, -0.2) is 4.39 Å². The van der Waals surface area contributed by atoms with Crippen molar-refractivity contribution in [1.82, 2.24) is 15.5 Å². The topological polar surface area (TPSA) is 68.0 Å². The molecule has 0 aliphatic heterocycles. The number of benzene rings is 1. The summed E-state index contributed by atoms with van der Waals surface area (Å²) in [7, 11) is 0. The lowest BCUT2D eigenvalue weighted by Gasteiger charge is -2.09. The van der Waals surface area contributed by atoms with Crippen LogP contribution >= 0.6 is 11.3 Å². The molecule has 0 saturated heterocycles. The van der Waals surface area contributed by atoms with Crippen molar-refractivity contribution in [1.29, 1.82) is 0 Å². The monoisotopic (exact) mass is 317 g/mol. The van der Waals surface area contributed by atoms with Crippen molar-refractivity contribution in [2.45, 2.75) is 13.0 Å². The van der Waals surface area contributed by atoms with Crippen LogP contribution in [0.4, 0.5) is 4.39 Å². The van der Waals surface area contributed by atoms with Crippen molar-refractivity contribution in [3.63, 3.8) is 0 Å². The standard InChI is InChI=1S/C15H12FN3O2S/c1-9(12-3-2-8-22-12)17-13(20)15-19-18-14(21-15)10-4-6-11(16)7-5-10/h2-9H,1H3,(H,17,20)/t9-/m0/s1. The van der Waals surface area contributed by atoms with Gasteiger partial charge >= 0.3 is 11.8 Å². The van der Waals surface area contributed by atoms with Crippen LogP contribution in [0.15, 0.2) is 46.2 Å². The Bertz CT molecular complexity index is 768. The van der Waals surface area contributed by atoms with Crippen LogP contribution < -0.4 is 5.32 Å². The lowest BCUT2D eigenvalue weighted by molar-refractivity contribution is 0.0906. The molecule has 0 aliphatic rings. The van der Waals surface area contributed by atoms with Crippen molar-refractivity contribution in [2.24, 2.45) is 0 Å². The van der Waals surface area contributed by atoms with Gasteiger partial charge in [-0.05, 0) is 42.6 Å². The summed E-state index contributed by atoms with van der Waals surface area (Å²) in [6.45, 7) is 1.88. The molecule has 3 rings (SSSR count). The molecule has 7 heteroatoms. The first-order chi connectivity index (χ1) is 10.6. The van der Waals surface area contributed by atoms with E-state index in [-0.39, 0.29) is 23.6 Å². The molecule has 1 N–H and O–H groups in total. The molecule has 1 aromatic carbocycles. The van der Waals surface area contributed by atoms with Gasteiger partial charge in [-0.15, -0.1) is 21.5 Å². The highest BCUT2D eigenvalue weighted by Crippen LogP contribution is 2.20. The van der Waals surface area contributed by atoms with Crippen LogP contribution in [0.5, 0.6) is 0 Å². The molecule has 5 nitrogen and oxygen atoms in total. The minimum Gasteiger partial charge on any atom is -0.412 e. The highest BCUT2D eigenvalue weighted by Gasteiger charge is 2.18. The van der Waals surface area contributed by atoms with E-state index in [1.165, 1.54) is 24.3 Å². The summed E-state index contributed by atoms with van der Waals surface area (Å²) in [5.41, 5.74) is 0.555. The molecule has 2 aromatic heterocycles. The fraction of sp³-hybridized carbons (Fsp3) is 0.133. The molecule has 1 atom stereocenters. The normalized spacial score (nSPS) is 12.1.